The minimum atomic E-state index is -0.406. The zero-order valence-corrected chi connectivity index (χ0v) is 11.2. The summed E-state index contributed by atoms with van der Waals surface area (Å²) in [7, 11) is 0. The van der Waals surface area contributed by atoms with Gasteiger partial charge >= 0.3 is 0 Å². The van der Waals surface area contributed by atoms with E-state index in [1.165, 1.54) is 0 Å². The molecule has 1 saturated heterocycles. The molecule has 1 amide bonds. The molecule has 0 saturated carbocycles. The van der Waals surface area contributed by atoms with Gasteiger partial charge in [0, 0.05) is 30.0 Å². The van der Waals surface area contributed by atoms with Gasteiger partial charge in [0.15, 0.2) is 0 Å². The largest absolute Gasteiger partial charge is 0.376 e. The molecule has 4 nitrogen and oxygen atoms in total. The Bertz CT molecular complexity index is 542. The Labute approximate surface area is 117 Å². The smallest absolute Gasteiger partial charge is 0.267 e. The fraction of sp³-hybridized carbons (Fsp3) is 0.286. The molecule has 0 atom stereocenters. The second-order valence-corrected chi connectivity index (χ2v) is 4.80. The molecule has 0 unspecified atom stereocenters. The van der Waals surface area contributed by atoms with E-state index in [1.54, 1.807) is 30.5 Å². The van der Waals surface area contributed by atoms with Crippen LogP contribution in [0.4, 0.5) is 5.69 Å². The molecule has 98 valence electrons. The second kappa shape index (κ2) is 6.26. The molecular weight excluding hydrogens is 262 g/mol. The third kappa shape index (κ3) is 3.73. The van der Waals surface area contributed by atoms with Crippen LogP contribution in [0, 0.1) is 11.3 Å². The van der Waals surface area contributed by atoms with Crippen LogP contribution in [-0.2, 0) is 4.79 Å². The highest BCUT2D eigenvalue weighted by molar-refractivity contribution is 6.31. The van der Waals surface area contributed by atoms with Gasteiger partial charge in [-0.1, -0.05) is 17.7 Å². The van der Waals surface area contributed by atoms with E-state index in [9.17, 15) is 4.79 Å². The molecule has 2 rings (SSSR count). The summed E-state index contributed by atoms with van der Waals surface area (Å²) in [6.07, 6.45) is 3.84. The van der Waals surface area contributed by atoms with Crippen molar-refractivity contribution in [3.63, 3.8) is 0 Å². The topological polar surface area (TPSA) is 56.1 Å². The first kappa shape index (κ1) is 13.4. The average molecular weight is 276 g/mol. The van der Waals surface area contributed by atoms with Gasteiger partial charge in [-0.2, -0.15) is 5.26 Å². The van der Waals surface area contributed by atoms with Crippen molar-refractivity contribution >= 4 is 23.2 Å². The fourth-order valence-corrected chi connectivity index (χ4v) is 2.15. The minimum absolute atomic E-state index is 0.113. The van der Waals surface area contributed by atoms with Crippen LogP contribution < -0.4 is 5.32 Å². The summed E-state index contributed by atoms with van der Waals surface area (Å²) >= 11 is 5.84. The number of hydrogen-bond donors (Lipinski definition) is 1. The Morgan fingerprint density at radius 3 is 2.79 bits per heavy atom. The average Bonchev–Trinajstić information content (AvgIpc) is 2.88. The third-order valence-electron chi connectivity index (χ3n) is 2.90. The van der Waals surface area contributed by atoms with Crippen LogP contribution in [0.2, 0.25) is 5.02 Å². The number of nitriles is 1. The van der Waals surface area contributed by atoms with Crippen molar-refractivity contribution in [2.24, 2.45) is 0 Å². The lowest BCUT2D eigenvalue weighted by Gasteiger charge is -2.12. The summed E-state index contributed by atoms with van der Waals surface area (Å²) in [4.78, 5) is 14.0. The van der Waals surface area contributed by atoms with E-state index in [2.05, 4.69) is 5.32 Å². The number of likely N-dealkylation sites (tertiary alicyclic amines) is 1. The molecule has 0 radical (unpaired) electrons. The Kier molecular flexibility index (Phi) is 4.43. The predicted molar refractivity (Wildman–Crippen MR) is 74.6 cm³/mol. The second-order valence-electron chi connectivity index (χ2n) is 4.36. The van der Waals surface area contributed by atoms with Gasteiger partial charge in [0.1, 0.15) is 11.6 Å². The molecule has 1 heterocycles. The fourth-order valence-electron chi connectivity index (χ4n) is 1.96. The van der Waals surface area contributed by atoms with Crippen molar-refractivity contribution in [1.29, 1.82) is 5.26 Å². The highest BCUT2D eigenvalue weighted by atomic mass is 35.5. The van der Waals surface area contributed by atoms with Crippen LogP contribution in [-0.4, -0.2) is 23.9 Å². The summed E-state index contributed by atoms with van der Waals surface area (Å²) in [5.41, 5.74) is 0.696. The van der Waals surface area contributed by atoms with Crippen LogP contribution >= 0.6 is 11.6 Å². The van der Waals surface area contributed by atoms with E-state index >= 15 is 0 Å². The molecule has 5 heteroatoms. The lowest BCUT2D eigenvalue weighted by atomic mass is 10.2. The Balaban J connectivity index is 2.07. The maximum atomic E-state index is 12.0. The highest BCUT2D eigenvalue weighted by Gasteiger charge is 2.14. The predicted octanol–water partition coefficient (Wildman–Crippen LogP) is 2.78. The molecule has 0 spiro atoms. The number of nitrogens with one attached hydrogen (secondary N) is 1. The van der Waals surface area contributed by atoms with Gasteiger partial charge < -0.3 is 10.2 Å². The number of carbonyl (C=O) groups excluding carboxylic acids is 1. The molecular formula is C14H14ClN3O. The van der Waals surface area contributed by atoms with Crippen LogP contribution in [0.25, 0.3) is 0 Å². The molecule has 0 aliphatic carbocycles. The molecule has 1 aliphatic rings. The number of hydrogen-bond acceptors (Lipinski definition) is 3. The van der Waals surface area contributed by atoms with Gasteiger partial charge in [0.2, 0.25) is 0 Å². The monoisotopic (exact) mass is 275 g/mol. The summed E-state index contributed by atoms with van der Waals surface area (Å²) < 4.78 is 0. The maximum absolute atomic E-state index is 12.0. The number of benzene rings is 1. The van der Waals surface area contributed by atoms with Gasteiger partial charge in [-0.15, -0.1) is 0 Å². The lowest BCUT2D eigenvalue weighted by molar-refractivity contribution is -0.112. The SMILES string of the molecule is N#C/C(=C/N1CCCC1)C(=O)Nc1cccc(Cl)c1. The first-order chi connectivity index (χ1) is 9.19. The molecule has 1 fully saturated rings. The number of nitrogens with zero attached hydrogens (tertiary/aromatic N) is 2. The first-order valence-corrected chi connectivity index (χ1v) is 6.50. The standard InChI is InChI=1S/C14H14ClN3O/c15-12-4-3-5-13(8-12)17-14(19)11(9-16)10-18-6-1-2-7-18/h3-5,8,10H,1-2,6-7H2,(H,17,19)/b11-10-. The van der Waals surface area contributed by atoms with Crippen molar-refractivity contribution in [1.82, 2.24) is 4.90 Å². The van der Waals surface area contributed by atoms with Gasteiger partial charge in [0.05, 0.1) is 0 Å². The molecule has 19 heavy (non-hydrogen) atoms. The Morgan fingerprint density at radius 1 is 1.42 bits per heavy atom. The molecule has 0 bridgehead atoms. The summed E-state index contributed by atoms with van der Waals surface area (Å²) in [6, 6.07) is 8.78. The van der Waals surface area contributed by atoms with Gasteiger partial charge in [-0.05, 0) is 31.0 Å². The van der Waals surface area contributed by atoms with Gasteiger partial charge in [-0.25, -0.2) is 0 Å². The number of carbonyl (C=O) groups is 1. The zero-order chi connectivity index (χ0) is 13.7. The van der Waals surface area contributed by atoms with Crippen molar-refractivity contribution < 1.29 is 4.79 Å². The van der Waals surface area contributed by atoms with Crippen molar-refractivity contribution in [3.8, 4) is 6.07 Å². The lowest BCUT2D eigenvalue weighted by Crippen LogP contribution is -2.18. The summed E-state index contributed by atoms with van der Waals surface area (Å²) in [6.45, 7) is 1.80. The van der Waals surface area contributed by atoms with E-state index in [1.807, 2.05) is 11.0 Å². The van der Waals surface area contributed by atoms with E-state index in [-0.39, 0.29) is 5.57 Å². The van der Waals surface area contributed by atoms with E-state index < -0.39 is 5.91 Å². The van der Waals surface area contributed by atoms with E-state index in [0.29, 0.717) is 10.7 Å². The highest BCUT2D eigenvalue weighted by Crippen LogP contribution is 2.16. The Morgan fingerprint density at radius 2 is 2.16 bits per heavy atom. The molecule has 1 aliphatic heterocycles. The molecule has 1 aromatic carbocycles. The van der Waals surface area contributed by atoms with E-state index in [0.717, 1.165) is 25.9 Å². The number of amides is 1. The van der Waals surface area contributed by atoms with Crippen molar-refractivity contribution in [3.05, 3.63) is 41.1 Å². The molecule has 1 N–H and O–H groups in total. The molecule has 1 aromatic rings. The quantitative estimate of drug-likeness (QED) is 0.682. The van der Waals surface area contributed by atoms with Crippen LogP contribution in [0.1, 0.15) is 12.8 Å². The zero-order valence-electron chi connectivity index (χ0n) is 10.4. The number of anilines is 1. The minimum Gasteiger partial charge on any atom is -0.376 e. The maximum Gasteiger partial charge on any atom is 0.267 e. The molecule has 0 aromatic heterocycles. The Hall–Kier alpha value is -1.99. The van der Waals surface area contributed by atoms with Crippen molar-refractivity contribution in [2.75, 3.05) is 18.4 Å². The summed E-state index contributed by atoms with van der Waals surface area (Å²) in [5.74, 6) is -0.406. The normalized spacial score (nSPS) is 15.2. The number of rotatable bonds is 3. The summed E-state index contributed by atoms with van der Waals surface area (Å²) in [5, 5.41) is 12.3. The van der Waals surface area contributed by atoms with Crippen molar-refractivity contribution in [2.45, 2.75) is 12.8 Å². The van der Waals surface area contributed by atoms with Crippen LogP contribution in [0.15, 0.2) is 36.0 Å². The van der Waals surface area contributed by atoms with Gasteiger partial charge in [0.25, 0.3) is 5.91 Å². The van der Waals surface area contributed by atoms with E-state index in [4.69, 9.17) is 16.9 Å². The third-order valence-corrected chi connectivity index (χ3v) is 3.13. The van der Waals surface area contributed by atoms with Gasteiger partial charge in [-0.3, -0.25) is 4.79 Å². The number of halogens is 1. The van der Waals surface area contributed by atoms with Crippen LogP contribution in [0.3, 0.4) is 0 Å². The first-order valence-electron chi connectivity index (χ1n) is 6.12. The van der Waals surface area contributed by atoms with Crippen LogP contribution in [0.5, 0.6) is 0 Å².